The Labute approximate surface area is 161 Å². The molecule has 2 aromatic carbocycles. The van der Waals surface area contributed by atoms with Crippen molar-refractivity contribution in [2.45, 2.75) is 19.4 Å². The van der Waals surface area contributed by atoms with Gasteiger partial charge in [0.1, 0.15) is 5.75 Å². The average Bonchev–Trinajstić information content (AvgIpc) is 3.04. The summed E-state index contributed by atoms with van der Waals surface area (Å²) in [5, 5.41) is 0. The number of methoxy groups -OCH3 is 1. The molecule has 0 unspecified atom stereocenters. The predicted molar refractivity (Wildman–Crippen MR) is 108 cm³/mol. The van der Waals surface area contributed by atoms with Crippen molar-refractivity contribution in [3.8, 4) is 5.75 Å². The summed E-state index contributed by atoms with van der Waals surface area (Å²) in [6.45, 7) is 6.65. The van der Waals surface area contributed by atoms with Crippen molar-refractivity contribution < 1.29 is 14.4 Å². The molecule has 2 aromatic rings. The SMILES string of the molecule is COc1ccc(N2CC[NH+](CC(=O)N3c4ccccc4C[C@H]3C)CC2)cc1. The number of amides is 1. The van der Waals surface area contributed by atoms with Crippen LogP contribution in [-0.2, 0) is 11.2 Å². The van der Waals surface area contributed by atoms with Crippen molar-refractivity contribution in [2.75, 3.05) is 49.6 Å². The molecule has 0 aromatic heterocycles. The number of piperazine rings is 1. The van der Waals surface area contributed by atoms with Gasteiger partial charge in [-0.05, 0) is 49.2 Å². The molecule has 0 radical (unpaired) electrons. The Hall–Kier alpha value is -2.53. The number of rotatable bonds is 4. The number of hydrogen-bond acceptors (Lipinski definition) is 3. The fourth-order valence-electron chi connectivity index (χ4n) is 4.30. The first-order valence-corrected chi connectivity index (χ1v) is 9.78. The van der Waals surface area contributed by atoms with Crippen molar-refractivity contribution in [3.63, 3.8) is 0 Å². The van der Waals surface area contributed by atoms with Crippen molar-refractivity contribution >= 4 is 17.3 Å². The molecule has 142 valence electrons. The van der Waals surface area contributed by atoms with Crippen LogP contribution in [0.3, 0.4) is 0 Å². The van der Waals surface area contributed by atoms with Gasteiger partial charge in [0.05, 0.1) is 33.3 Å². The number of anilines is 2. The van der Waals surface area contributed by atoms with Gasteiger partial charge in [0, 0.05) is 17.4 Å². The fraction of sp³-hybridized carbons (Fsp3) is 0.409. The van der Waals surface area contributed by atoms with Crippen LogP contribution in [0.4, 0.5) is 11.4 Å². The zero-order chi connectivity index (χ0) is 18.8. The summed E-state index contributed by atoms with van der Waals surface area (Å²) < 4.78 is 5.23. The van der Waals surface area contributed by atoms with Gasteiger partial charge in [0.25, 0.3) is 5.91 Å². The maximum Gasteiger partial charge on any atom is 0.282 e. The van der Waals surface area contributed by atoms with E-state index >= 15 is 0 Å². The van der Waals surface area contributed by atoms with Crippen LogP contribution in [0.5, 0.6) is 5.75 Å². The molecule has 1 atom stereocenters. The van der Waals surface area contributed by atoms with Gasteiger partial charge in [-0.15, -0.1) is 0 Å². The highest BCUT2D eigenvalue weighted by atomic mass is 16.5. The van der Waals surface area contributed by atoms with Gasteiger partial charge >= 0.3 is 0 Å². The smallest absolute Gasteiger partial charge is 0.282 e. The number of quaternary nitrogens is 1. The predicted octanol–water partition coefficient (Wildman–Crippen LogP) is 1.38. The molecule has 1 amide bonds. The number of nitrogens with one attached hydrogen (secondary N) is 1. The van der Waals surface area contributed by atoms with Crippen LogP contribution in [0.2, 0.25) is 0 Å². The third-order valence-electron chi connectivity index (χ3n) is 5.79. The third kappa shape index (κ3) is 3.65. The Morgan fingerprint density at radius 1 is 1.11 bits per heavy atom. The Morgan fingerprint density at radius 2 is 1.81 bits per heavy atom. The number of hydrogen-bond donors (Lipinski definition) is 1. The topological polar surface area (TPSA) is 37.2 Å². The summed E-state index contributed by atoms with van der Waals surface area (Å²) in [7, 11) is 1.69. The van der Waals surface area contributed by atoms with E-state index in [1.807, 2.05) is 23.1 Å². The number of benzene rings is 2. The van der Waals surface area contributed by atoms with Crippen LogP contribution in [0, 0.1) is 0 Å². The molecular formula is C22H28N3O2+. The minimum absolute atomic E-state index is 0.250. The van der Waals surface area contributed by atoms with E-state index < -0.39 is 0 Å². The normalized spacial score (nSPS) is 19.9. The van der Waals surface area contributed by atoms with Gasteiger partial charge in [0.2, 0.25) is 0 Å². The second-order valence-corrected chi connectivity index (χ2v) is 7.56. The lowest BCUT2D eigenvalue weighted by atomic mass is 10.1. The maximum absolute atomic E-state index is 13.0. The van der Waals surface area contributed by atoms with Crippen LogP contribution in [0.15, 0.2) is 48.5 Å². The molecule has 0 aliphatic carbocycles. The van der Waals surface area contributed by atoms with Crippen LogP contribution < -0.4 is 19.4 Å². The Morgan fingerprint density at radius 3 is 2.52 bits per heavy atom. The van der Waals surface area contributed by atoms with Crippen molar-refractivity contribution in [2.24, 2.45) is 0 Å². The zero-order valence-corrected chi connectivity index (χ0v) is 16.1. The lowest BCUT2D eigenvalue weighted by molar-refractivity contribution is -0.892. The maximum atomic E-state index is 13.0. The Balaban J connectivity index is 1.34. The molecule has 5 heteroatoms. The first-order valence-electron chi connectivity index (χ1n) is 9.78. The largest absolute Gasteiger partial charge is 0.497 e. The minimum atomic E-state index is 0.250. The first-order chi connectivity index (χ1) is 13.2. The molecule has 2 heterocycles. The molecular weight excluding hydrogens is 338 g/mol. The second-order valence-electron chi connectivity index (χ2n) is 7.56. The van der Waals surface area contributed by atoms with Crippen LogP contribution in [-0.4, -0.2) is 51.8 Å². The van der Waals surface area contributed by atoms with E-state index in [9.17, 15) is 4.79 Å². The van der Waals surface area contributed by atoms with E-state index in [1.54, 1.807) is 7.11 Å². The molecule has 5 nitrogen and oxygen atoms in total. The van der Waals surface area contributed by atoms with E-state index in [4.69, 9.17) is 4.74 Å². The van der Waals surface area contributed by atoms with E-state index in [0.717, 1.165) is 44.0 Å². The van der Waals surface area contributed by atoms with Gasteiger partial charge in [-0.25, -0.2) is 0 Å². The van der Waals surface area contributed by atoms with E-state index in [2.05, 4.69) is 42.2 Å². The number of para-hydroxylation sites is 1. The van der Waals surface area contributed by atoms with Gasteiger partial charge < -0.3 is 19.4 Å². The quantitative estimate of drug-likeness (QED) is 0.888. The van der Waals surface area contributed by atoms with Crippen molar-refractivity contribution in [1.82, 2.24) is 0 Å². The molecule has 1 N–H and O–H groups in total. The molecule has 4 rings (SSSR count). The van der Waals surface area contributed by atoms with Gasteiger partial charge in [0.15, 0.2) is 6.54 Å². The molecule has 0 bridgehead atoms. The fourth-order valence-corrected chi connectivity index (χ4v) is 4.30. The number of fused-ring (bicyclic) bond motifs is 1. The lowest BCUT2D eigenvalue weighted by Gasteiger charge is -2.34. The Bertz CT molecular complexity index is 797. The number of carbonyl (C=O) groups excluding carboxylic acids is 1. The van der Waals surface area contributed by atoms with Crippen LogP contribution >= 0.6 is 0 Å². The highest BCUT2D eigenvalue weighted by Crippen LogP contribution is 2.31. The van der Waals surface area contributed by atoms with E-state index in [1.165, 1.54) is 16.2 Å². The highest BCUT2D eigenvalue weighted by Gasteiger charge is 2.33. The first kappa shape index (κ1) is 17.9. The standard InChI is InChI=1S/C22H27N3O2/c1-17-15-18-5-3-4-6-21(18)25(17)22(26)16-23-11-13-24(14-12-23)19-7-9-20(27-2)10-8-19/h3-10,17H,11-16H2,1-2H3/p+1/t17-/m1/s1. The zero-order valence-electron chi connectivity index (χ0n) is 16.1. The summed E-state index contributed by atoms with van der Waals surface area (Å²) in [5.74, 6) is 1.13. The monoisotopic (exact) mass is 366 g/mol. The van der Waals surface area contributed by atoms with Gasteiger partial charge in [-0.3, -0.25) is 4.79 Å². The molecule has 2 aliphatic heterocycles. The number of nitrogens with zero attached hydrogens (tertiary/aromatic N) is 2. The Kier molecular flexibility index (Phi) is 5.03. The van der Waals surface area contributed by atoms with Crippen molar-refractivity contribution in [1.29, 1.82) is 0 Å². The summed E-state index contributed by atoms with van der Waals surface area (Å²) in [6, 6.07) is 16.8. The van der Waals surface area contributed by atoms with Crippen LogP contribution in [0.25, 0.3) is 0 Å². The minimum Gasteiger partial charge on any atom is -0.497 e. The van der Waals surface area contributed by atoms with Crippen LogP contribution in [0.1, 0.15) is 12.5 Å². The molecule has 27 heavy (non-hydrogen) atoms. The highest BCUT2D eigenvalue weighted by molar-refractivity contribution is 5.96. The summed E-state index contributed by atoms with van der Waals surface area (Å²) in [5.41, 5.74) is 3.62. The second kappa shape index (κ2) is 7.61. The van der Waals surface area contributed by atoms with Gasteiger partial charge in [-0.2, -0.15) is 0 Å². The molecule has 0 spiro atoms. The number of carbonyl (C=O) groups is 1. The van der Waals surface area contributed by atoms with E-state index in [0.29, 0.717) is 6.54 Å². The lowest BCUT2D eigenvalue weighted by Crippen LogP contribution is -3.16. The van der Waals surface area contributed by atoms with Gasteiger partial charge in [-0.1, -0.05) is 18.2 Å². The third-order valence-corrected chi connectivity index (χ3v) is 5.79. The summed E-state index contributed by atoms with van der Waals surface area (Å²) >= 11 is 0. The summed E-state index contributed by atoms with van der Waals surface area (Å²) in [4.78, 5) is 18.8. The van der Waals surface area contributed by atoms with E-state index in [-0.39, 0.29) is 11.9 Å². The molecule has 0 saturated carbocycles. The average molecular weight is 366 g/mol. The molecule has 1 saturated heterocycles. The number of ether oxygens (including phenoxy) is 1. The molecule has 2 aliphatic rings. The summed E-state index contributed by atoms with van der Waals surface area (Å²) in [6.07, 6.45) is 0.961. The molecule has 1 fully saturated rings. The van der Waals surface area contributed by atoms with Crippen molar-refractivity contribution in [3.05, 3.63) is 54.1 Å².